The Morgan fingerprint density at radius 1 is 1.56 bits per heavy atom. The molecule has 0 spiro atoms. The molecule has 0 aliphatic carbocycles. The summed E-state index contributed by atoms with van der Waals surface area (Å²) in [6.45, 7) is 0. The molecule has 0 fully saturated rings. The standard InChI is InChI=1S/C10H7BrClN3O2S/c11-6-1-2-8(7(12)3-6)15-5-13-14-10(15)18-4-9(16)17/h1-3,5H,4H2,(H,16,17). The van der Waals surface area contributed by atoms with Gasteiger partial charge in [-0.2, -0.15) is 0 Å². The van der Waals surface area contributed by atoms with E-state index >= 15 is 0 Å². The van der Waals surface area contributed by atoms with E-state index in [1.54, 1.807) is 16.7 Å². The normalized spacial score (nSPS) is 10.6. The van der Waals surface area contributed by atoms with Gasteiger partial charge < -0.3 is 5.11 Å². The van der Waals surface area contributed by atoms with Crippen molar-refractivity contribution in [3.8, 4) is 5.69 Å². The Morgan fingerprint density at radius 2 is 2.33 bits per heavy atom. The fourth-order valence-electron chi connectivity index (χ4n) is 1.29. The second-order valence-electron chi connectivity index (χ2n) is 3.26. The molecule has 94 valence electrons. The zero-order chi connectivity index (χ0) is 13.1. The Labute approximate surface area is 120 Å². The highest BCUT2D eigenvalue weighted by Crippen LogP contribution is 2.27. The van der Waals surface area contributed by atoms with E-state index in [0.29, 0.717) is 15.9 Å². The van der Waals surface area contributed by atoms with Crippen LogP contribution in [0.2, 0.25) is 5.02 Å². The molecule has 2 rings (SSSR count). The molecular weight excluding hydrogens is 342 g/mol. The largest absolute Gasteiger partial charge is 0.481 e. The Morgan fingerprint density at radius 3 is 3.00 bits per heavy atom. The number of halogens is 2. The summed E-state index contributed by atoms with van der Waals surface area (Å²) in [6.07, 6.45) is 1.50. The number of carboxylic acids is 1. The van der Waals surface area contributed by atoms with Crippen molar-refractivity contribution in [2.24, 2.45) is 0 Å². The van der Waals surface area contributed by atoms with Crippen LogP contribution in [0, 0.1) is 0 Å². The summed E-state index contributed by atoms with van der Waals surface area (Å²) in [6, 6.07) is 5.40. The van der Waals surface area contributed by atoms with Crippen molar-refractivity contribution in [2.45, 2.75) is 5.16 Å². The molecule has 0 saturated heterocycles. The fraction of sp³-hybridized carbons (Fsp3) is 0.100. The zero-order valence-electron chi connectivity index (χ0n) is 8.88. The molecule has 2 aromatic rings. The van der Waals surface area contributed by atoms with E-state index in [1.165, 1.54) is 6.33 Å². The van der Waals surface area contributed by atoms with Gasteiger partial charge in [0.1, 0.15) is 6.33 Å². The number of aromatic nitrogens is 3. The summed E-state index contributed by atoms with van der Waals surface area (Å²) < 4.78 is 2.52. The van der Waals surface area contributed by atoms with Gasteiger partial charge in [-0.1, -0.05) is 39.3 Å². The minimum atomic E-state index is -0.906. The number of benzene rings is 1. The van der Waals surface area contributed by atoms with Crippen LogP contribution in [0.1, 0.15) is 0 Å². The Balaban J connectivity index is 2.33. The Kier molecular flexibility index (Phi) is 4.26. The minimum absolute atomic E-state index is 0.0765. The number of carboxylic acid groups (broad SMARTS) is 1. The first-order valence-corrected chi connectivity index (χ1v) is 6.93. The van der Waals surface area contributed by atoms with E-state index in [4.69, 9.17) is 16.7 Å². The summed E-state index contributed by atoms with van der Waals surface area (Å²) in [4.78, 5) is 10.5. The van der Waals surface area contributed by atoms with Crippen molar-refractivity contribution >= 4 is 45.3 Å². The lowest BCUT2D eigenvalue weighted by molar-refractivity contribution is -0.133. The van der Waals surface area contributed by atoms with Crippen molar-refractivity contribution < 1.29 is 9.90 Å². The molecule has 0 aliphatic rings. The van der Waals surface area contributed by atoms with Crippen LogP contribution in [0.5, 0.6) is 0 Å². The number of thioether (sulfide) groups is 1. The molecule has 1 N–H and O–H groups in total. The first-order chi connectivity index (χ1) is 8.58. The van der Waals surface area contributed by atoms with Crippen LogP contribution in [0.25, 0.3) is 5.69 Å². The third-order valence-electron chi connectivity index (χ3n) is 2.01. The highest BCUT2D eigenvalue weighted by atomic mass is 79.9. The van der Waals surface area contributed by atoms with Crippen molar-refractivity contribution in [1.29, 1.82) is 0 Å². The van der Waals surface area contributed by atoms with E-state index in [-0.39, 0.29) is 5.75 Å². The highest BCUT2D eigenvalue weighted by molar-refractivity contribution is 9.10. The number of aliphatic carboxylic acids is 1. The molecule has 5 nitrogen and oxygen atoms in total. The van der Waals surface area contributed by atoms with Crippen molar-refractivity contribution in [2.75, 3.05) is 5.75 Å². The number of hydrogen-bond acceptors (Lipinski definition) is 4. The second-order valence-corrected chi connectivity index (χ2v) is 5.53. The molecule has 0 unspecified atom stereocenters. The average Bonchev–Trinajstić information content (AvgIpc) is 2.74. The predicted octanol–water partition coefficient (Wildman–Crippen LogP) is 2.86. The third-order valence-corrected chi connectivity index (χ3v) is 3.73. The van der Waals surface area contributed by atoms with Crippen LogP contribution in [0.15, 0.2) is 34.2 Å². The Bertz CT molecular complexity index is 590. The van der Waals surface area contributed by atoms with E-state index in [1.807, 2.05) is 6.07 Å². The first kappa shape index (κ1) is 13.4. The van der Waals surface area contributed by atoms with Crippen molar-refractivity contribution in [3.63, 3.8) is 0 Å². The minimum Gasteiger partial charge on any atom is -0.481 e. The van der Waals surface area contributed by atoms with Crippen LogP contribution >= 0.6 is 39.3 Å². The zero-order valence-corrected chi connectivity index (χ0v) is 12.0. The number of carbonyl (C=O) groups is 1. The summed E-state index contributed by atoms with van der Waals surface area (Å²) in [5.41, 5.74) is 0.706. The van der Waals surface area contributed by atoms with Gasteiger partial charge in [-0.05, 0) is 18.2 Å². The van der Waals surface area contributed by atoms with E-state index in [0.717, 1.165) is 16.2 Å². The topological polar surface area (TPSA) is 68.0 Å². The summed E-state index contributed by atoms with van der Waals surface area (Å²) in [5, 5.41) is 17.3. The van der Waals surface area contributed by atoms with Crippen molar-refractivity contribution in [1.82, 2.24) is 14.8 Å². The van der Waals surface area contributed by atoms with Gasteiger partial charge >= 0.3 is 5.97 Å². The van der Waals surface area contributed by atoms with E-state index in [2.05, 4.69) is 26.1 Å². The van der Waals surface area contributed by atoms with Gasteiger partial charge in [-0.3, -0.25) is 9.36 Å². The van der Waals surface area contributed by atoms with Crippen LogP contribution in [0.3, 0.4) is 0 Å². The summed E-state index contributed by atoms with van der Waals surface area (Å²) >= 11 is 10.5. The molecule has 1 heterocycles. The molecule has 0 aliphatic heterocycles. The maximum absolute atomic E-state index is 10.5. The average molecular weight is 349 g/mol. The molecule has 0 radical (unpaired) electrons. The quantitative estimate of drug-likeness (QED) is 0.861. The molecule has 8 heteroatoms. The molecular formula is C10H7BrClN3O2S. The van der Waals surface area contributed by atoms with Gasteiger partial charge in [-0.15, -0.1) is 10.2 Å². The molecule has 0 amide bonds. The van der Waals surface area contributed by atoms with Crippen LogP contribution in [-0.2, 0) is 4.79 Å². The van der Waals surface area contributed by atoms with Crippen molar-refractivity contribution in [3.05, 3.63) is 34.0 Å². The Hall–Kier alpha value is -1.05. The maximum Gasteiger partial charge on any atom is 0.313 e. The number of hydrogen-bond donors (Lipinski definition) is 1. The lowest BCUT2D eigenvalue weighted by Gasteiger charge is -2.07. The lowest BCUT2D eigenvalue weighted by atomic mass is 10.3. The maximum atomic E-state index is 10.5. The van der Waals surface area contributed by atoms with E-state index in [9.17, 15) is 4.79 Å². The van der Waals surface area contributed by atoms with Gasteiger partial charge in [0.15, 0.2) is 5.16 Å². The molecule has 18 heavy (non-hydrogen) atoms. The monoisotopic (exact) mass is 347 g/mol. The third kappa shape index (κ3) is 3.04. The summed E-state index contributed by atoms with van der Waals surface area (Å²) in [7, 11) is 0. The molecule has 0 bridgehead atoms. The number of nitrogens with zero attached hydrogens (tertiary/aromatic N) is 3. The molecule has 0 atom stereocenters. The lowest BCUT2D eigenvalue weighted by Crippen LogP contribution is -2.01. The molecule has 1 aromatic heterocycles. The van der Waals surface area contributed by atoms with Gasteiger partial charge in [0, 0.05) is 4.47 Å². The fourth-order valence-corrected chi connectivity index (χ4v) is 2.70. The summed E-state index contributed by atoms with van der Waals surface area (Å²) in [5.74, 6) is -0.983. The van der Waals surface area contributed by atoms with E-state index < -0.39 is 5.97 Å². The van der Waals surface area contributed by atoms with Gasteiger partial charge in [-0.25, -0.2) is 0 Å². The molecule has 1 aromatic carbocycles. The predicted molar refractivity (Wildman–Crippen MR) is 72.4 cm³/mol. The van der Waals surface area contributed by atoms with Gasteiger partial charge in [0.2, 0.25) is 0 Å². The van der Waals surface area contributed by atoms with Crippen LogP contribution in [0.4, 0.5) is 0 Å². The number of rotatable bonds is 4. The van der Waals surface area contributed by atoms with Crippen LogP contribution < -0.4 is 0 Å². The van der Waals surface area contributed by atoms with Gasteiger partial charge in [0.05, 0.1) is 16.5 Å². The SMILES string of the molecule is O=C(O)CSc1nncn1-c1ccc(Br)cc1Cl. The van der Waals surface area contributed by atoms with Crippen LogP contribution in [-0.4, -0.2) is 31.6 Å². The smallest absolute Gasteiger partial charge is 0.313 e. The second kappa shape index (κ2) is 5.73. The molecule has 0 saturated carbocycles. The highest BCUT2D eigenvalue weighted by Gasteiger charge is 2.11. The van der Waals surface area contributed by atoms with Gasteiger partial charge in [0.25, 0.3) is 0 Å². The first-order valence-electron chi connectivity index (χ1n) is 4.78.